The molecule has 0 fully saturated rings. The van der Waals surface area contributed by atoms with Crippen LogP contribution < -0.4 is 21.7 Å². The van der Waals surface area contributed by atoms with E-state index in [1.807, 2.05) is 65.8 Å². The first-order valence-corrected chi connectivity index (χ1v) is 22.6. The second kappa shape index (κ2) is 27.3. The maximum absolute atomic E-state index is 14.3. The third kappa shape index (κ3) is 16.8. The fourth-order valence-corrected chi connectivity index (χ4v) is 7.47. The lowest BCUT2D eigenvalue weighted by Crippen LogP contribution is -2.58. The second-order valence-corrected chi connectivity index (χ2v) is 17.5. The average molecular weight is 897 g/mol. The first-order valence-electron chi connectivity index (χ1n) is 22.6. The Morgan fingerprint density at radius 3 is 2.17 bits per heavy atom. The molecule has 5 amide bonds. The van der Waals surface area contributed by atoms with E-state index in [0.29, 0.717) is 25.8 Å². The number of amides is 5. The van der Waals surface area contributed by atoms with Gasteiger partial charge in [0.1, 0.15) is 30.3 Å². The number of rotatable bonds is 12. The molecule has 9 atom stereocenters. The molecule has 16 nitrogen and oxygen atoms in total. The van der Waals surface area contributed by atoms with E-state index in [1.165, 1.54) is 37.9 Å². The number of likely N-dealkylation sites (N-methyl/N-ethyl adjacent to an activating group) is 2. The van der Waals surface area contributed by atoms with Gasteiger partial charge < -0.3 is 45.7 Å². The maximum atomic E-state index is 14.3. The van der Waals surface area contributed by atoms with Gasteiger partial charge in [0.25, 0.3) is 5.91 Å². The summed E-state index contributed by atoms with van der Waals surface area (Å²) < 4.78 is 17.9. The molecule has 2 rings (SSSR count). The smallest absolute Gasteiger partial charge is 0.334 e. The van der Waals surface area contributed by atoms with Gasteiger partial charge in [-0.25, -0.2) is 9.59 Å². The molecule has 1 aromatic rings. The Balaban J connectivity index is 2.72. The summed E-state index contributed by atoms with van der Waals surface area (Å²) in [4.78, 5) is 100. The van der Waals surface area contributed by atoms with Gasteiger partial charge in [-0.3, -0.25) is 24.0 Å². The molecule has 0 radical (unpaired) electrons. The normalized spacial score (nSPS) is 27.5. The number of unbranched alkanes of at least 4 members (excludes halogenated alkanes) is 1. The number of nitrogens with zero attached hydrogens (tertiary/aromatic N) is 2. The monoisotopic (exact) mass is 897 g/mol. The predicted molar refractivity (Wildman–Crippen MR) is 245 cm³/mol. The number of nitrogens with one attached hydrogen (secondary N) is 3. The molecule has 0 aromatic heterocycles. The Morgan fingerprint density at radius 2 is 1.59 bits per heavy atom. The van der Waals surface area contributed by atoms with Crippen molar-refractivity contribution in [3.05, 3.63) is 59.2 Å². The summed E-state index contributed by atoms with van der Waals surface area (Å²) in [6.07, 6.45) is 3.17. The highest BCUT2D eigenvalue weighted by Gasteiger charge is 2.37. The first kappa shape index (κ1) is 55.0. The summed E-state index contributed by atoms with van der Waals surface area (Å²) >= 11 is 0. The summed E-state index contributed by atoms with van der Waals surface area (Å²) in [6.45, 7) is 15.9. The molecule has 0 saturated heterocycles. The van der Waals surface area contributed by atoms with E-state index in [0.717, 1.165) is 11.1 Å². The number of benzene rings is 1. The van der Waals surface area contributed by atoms with Crippen LogP contribution in [0.5, 0.6) is 0 Å². The van der Waals surface area contributed by atoms with Crippen molar-refractivity contribution in [3.63, 3.8) is 0 Å². The highest BCUT2D eigenvalue weighted by Crippen LogP contribution is 2.26. The van der Waals surface area contributed by atoms with Crippen molar-refractivity contribution in [3.8, 4) is 0 Å². The van der Waals surface area contributed by atoms with Crippen molar-refractivity contribution in [2.24, 2.45) is 23.5 Å². The molecule has 1 unspecified atom stereocenters. The van der Waals surface area contributed by atoms with Crippen LogP contribution >= 0.6 is 0 Å². The van der Waals surface area contributed by atoms with E-state index < -0.39 is 96.4 Å². The molecule has 0 saturated carbocycles. The summed E-state index contributed by atoms with van der Waals surface area (Å²) in [7, 11) is 4.40. The third-order valence-electron chi connectivity index (χ3n) is 11.9. The molecule has 1 aromatic carbocycles. The van der Waals surface area contributed by atoms with Crippen LogP contribution in [0.15, 0.2) is 53.6 Å². The fraction of sp³-hybridized carbons (Fsp3) is 0.646. The maximum Gasteiger partial charge on any atom is 0.334 e. The molecule has 1 aliphatic rings. The molecule has 0 aliphatic carbocycles. The highest BCUT2D eigenvalue weighted by molar-refractivity contribution is 5.96. The van der Waals surface area contributed by atoms with Crippen molar-refractivity contribution < 1.29 is 47.8 Å². The van der Waals surface area contributed by atoms with E-state index in [4.69, 9.17) is 19.9 Å². The van der Waals surface area contributed by atoms with Gasteiger partial charge in [-0.15, -0.1) is 0 Å². The van der Waals surface area contributed by atoms with Crippen LogP contribution in [-0.4, -0.2) is 128 Å². The van der Waals surface area contributed by atoms with Crippen molar-refractivity contribution >= 4 is 41.5 Å². The minimum atomic E-state index is -1.24. The SMILES string of the molecule is C/C=C(\C)[C@H]1OC(=O)[C@@H](CCCCN)NC(=O)[C@H](C(C)CC)NC(=O)CN(C)C(=O)[C@@H](Cc2ccccc2)N(C)C(=O)[C@H](C)NC(=O)[C@@H](CC(C)C)OC(=O)/C(C)=C/C[C@H](OC)[C@@H]1C. The zero-order chi connectivity index (χ0) is 48.3. The number of carbonyl (C=O) groups is 7. The van der Waals surface area contributed by atoms with Gasteiger partial charge in [-0.1, -0.05) is 83.5 Å². The number of carbonyl (C=O) groups excluding carboxylic acids is 7. The summed E-state index contributed by atoms with van der Waals surface area (Å²) in [5.74, 6) is -5.36. The van der Waals surface area contributed by atoms with Gasteiger partial charge in [0.15, 0.2) is 6.10 Å². The van der Waals surface area contributed by atoms with E-state index in [1.54, 1.807) is 32.1 Å². The molecular formula is C48H76N6O10. The van der Waals surface area contributed by atoms with Crippen LogP contribution in [0, 0.1) is 17.8 Å². The Labute approximate surface area is 380 Å². The average Bonchev–Trinajstić information content (AvgIpc) is 3.26. The molecule has 358 valence electrons. The lowest BCUT2D eigenvalue weighted by atomic mass is 9.90. The third-order valence-corrected chi connectivity index (χ3v) is 11.9. The lowest BCUT2D eigenvalue weighted by Gasteiger charge is -2.33. The number of methoxy groups -OCH3 is 1. The molecule has 1 aliphatic heterocycles. The minimum Gasteiger partial charge on any atom is -0.456 e. The van der Waals surface area contributed by atoms with Crippen molar-refractivity contribution in [1.82, 2.24) is 25.8 Å². The second-order valence-electron chi connectivity index (χ2n) is 17.5. The number of hydrogen-bond donors (Lipinski definition) is 4. The van der Waals surface area contributed by atoms with Gasteiger partial charge >= 0.3 is 11.9 Å². The van der Waals surface area contributed by atoms with Crippen molar-refractivity contribution in [2.45, 2.75) is 150 Å². The number of nitrogens with two attached hydrogens (primary N) is 1. The van der Waals surface area contributed by atoms with Gasteiger partial charge in [0.2, 0.25) is 23.6 Å². The first-order chi connectivity index (χ1) is 30.2. The Hall–Kier alpha value is -5.09. The summed E-state index contributed by atoms with van der Waals surface area (Å²) in [5, 5.41) is 8.34. The molecular weight excluding hydrogens is 821 g/mol. The number of ether oxygens (including phenoxy) is 3. The van der Waals surface area contributed by atoms with E-state index in [-0.39, 0.29) is 43.1 Å². The summed E-state index contributed by atoms with van der Waals surface area (Å²) in [6, 6.07) is 4.64. The van der Waals surface area contributed by atoms with E-state index >= 15 is 0 Å². The number of esters is 2. The highest BCUT2D eigenvalue weighted by atomic mass is 16.6. The Kier molecular flexibility index (Phi) is 23.5. The van der Waals surface area contributed by atoms with Crippen LogP contribution in [0.2, 0.25) is 0 Å². The van der Waals surface area contributed by atoms with Crippen LogP contribution in [0.3, 0.4) is 0 Å². The zero-order valence-electron chi connectivity index (χ0n) is 40.2. The van der Waals surface area contributed by atoms with Gasteiger partial charge in [-0.2, -0.15) is 0 Å². The van der Waals surface area contributed by atoms with Crippen LogP contribution in [0.25, 0.3) is 0 Å². The van der Waals surface area contributed by atoms with Crippen LogP contribution in [-0.2, 0) is 54.2 Å². The standard InChI is InChI=1S/C48H76N6O10/c1-13-30(5)41-44(57)51-36(22-18-19-25-49)48(61)64-42(31(6)14-2)33(8)38(62-12)24-23-32(7)47(60)63-39(26-29(3)4)43(56)50-34(9)45(58)54(11)37(27-35-20-16-15-17-21-35)46(59)53(10)28-40(55)52-41/h14-17,20-21,23,29-30,33-34,36-39,41-42H,13,18-19,22,24-28,49H2,1-12H3,(H,50,56)(H,51,57)(H,52,55)/b31-14+,32-23+/t30?,33-,34-,36+,37+,38-,39+,41-,42+/m0/s1. The quantitative estimate of drug-likeness (QED) is 0.134. The number of hydrogen-bond acceptors (Lipinski definition) is 11. The molecule has 16 heteroatoms. The molecule has 0 bridgehead atoms. The topological polar surface area (TPSA) is 216 Å². The zero-order valence-corrected chi connectivity index (χ0v) is 40.2. The lowest BCUT2D eigenvalue weighted by molar-refractivity contribution is -0.156. The molecule has 1 heterocycles. The Bertz CT molecular complexity index is 1780. The van der Waals surface area contributed by atoms with Gasteiger partial charge in [-0.05, 0) is 89.3 Å². The molecule has 0 spiro atoms. The fourth-order valence-electron chi connectivity index (χ4n) is 7.47. The van der Waals surface area contributed by atoms with E-state index in [9.17, 15) is 33.6 Å². The predicted octanol–water partition coefficient (Wildman–Crippen LogP) is 4.00. The van der Waals surface area contributed by atoms with Crippen molar-refractivity contribution in [1.29, 1.82) is 0 Å². The minimum absolute atomic E-state index is 0.0651. The number of allylic oxidation sites excluding steroid dienone is 1. The van der Waals surface area contributed by atoms with Crippen LogP contribution in [0.1, 0.15) is 106 Å². The van der Waals surface area contributed by atoms with E-state index in [2.05, 4.69) is 16.0 Å². The molecule has 64 heavy (non-hydrogen) atoms. The Morgan fingerprint density at radius 1 is 0.938 bits per heavy atom. The van der Waals surface area contributed by atoms with Crippen molar-refractivity contribution in [2.75, 3.05) is 34.3 Å². The number of cyclic esters (lactones) is 2. The molecule has 5 N–H and O–H groups in total. The summed E-state index contributed by atoms with van der Waals surface area (Å²) in [5.41, 5.74) is 7.49. The van der Waals surface area contributed by atoms with Gasteiger partial charge in [0, 0.05) is 39.1 Å². The van der Waals surface area contributed by atoms with Crippen LogP contribution in [0.4, 0.5) is 0 Å². The largest absolute Gasteiger partial charge is 0.456 e. The van der Waals surface area contributed by atoms with Gasteiger partial charge in [0.05, 0.1) is 12.6 Å².